The standard InChI is InChI=1S/C25H27N3O4/c1-16(2)28-24(31)20-9-8-19(15-21(20)25(28)32)23(30)27-11-5-10-26(12-13-27)22(29)18-7-4-6-17(3)14-18/h4,6-9,14-16H,5,10-13H2,1-3H3. The molecule has 0 bridgehead atoms. The minimum Gasteiger partial charge on any atom is -0.337 e. The van der Waals surface area contributed by atoms with Crippen LogP contribution in [0.15, 0.2) is 42.5 Å². The average Bonchev–Trinajstić information content (AvgIpc) is 2.92. The van der Waals surface area contributed by atoms with E-state index in [9.17, 15) is 19.2 Å². The summed E-state index contributed by atoms with van der Waals surface area (Å²) in [6.07, 6.45) is 0.673. The maximum Gasteiger partial charge on any atom is 0.261 e. The van der Waals surface area contributed by atoms with Gasteiger partial charge in [0.25, 0.3) is 23.6 Å². The van der Waals surface area contributed by atoms with Crippen LogP contribution in [0, 0.1) is 6.92 Å². The van der Waals surface area contributed by atoms with E-state index >= 15 is 0 Å². The van der Waals surface area contributed by atoms with Crippen molar-refractivity contribution >= 4 is 23.6 Å². The molecule has 0 radical (unpaired) electrons. The molecule has 2 heterocycles. The van der Waals surface area contributed by atoms with Gasteiger partial charge in [-0.15, -0.1) is 0 Å². The van der Waals surface area contributed by atoms with Gasteiger partial charge in [0, 0.05) is 43.3 Å². The summed E-state index contributed by atoms with van der Waals surface area (Å²) in [6.45, 7) is 7.49. The molecule has 0 unspecified atom stereocenters. The molecule has 1 saturated heterocycles. The summed E-state index contributed by atoms with van der Waals surface area (Å²) in [4.78, 5) is 55.9. The van der Waals surface area contributed by atoms with E-state index in [1.807, 2.05) is 31.2 Å². The Balaban J connectivity index is 1.48. The third-order valence-electron chi connectivity index (χ3n) is 6.02. The fraction of sp³-hybridized carbons (Fsp3) is 0.360. The molecule has 4 amide bonds. The first-order valence-electron chi connectivity index (χ1n) is 10.9. The summed E-state index contributed by atoms with van der Waals surface area (Å²) in [5.41, 5.74) is 2.69. The van der Waals surface area contributed by atoms with E-state index in [0.717, 1.165) is 5.56 Å². The monoisotopic (exact) mass is 433 g/mol. The number of nitrogens with zero attached hydrogens (tertiary/aromatic N) is 3. The van der Waals surface area contributed by atoms with Crippen LogP contribution in [0.25, 0.3) is 0 Å². The highest BCUT2D eigenvalue weighted by Crippen LogP contribution is 2.26. The normalized spacial score (nSPS) is 16.4. The molecule has 0 N–H and O–H groups in total. The highest BCUT2D eigenvalue weighted by atomic mass is 16.2. The second-order valence-corrected chi connectivity index (χ2v) is 8.64. The van der Waals surface area contributed by atoms with E-state index in [-0.39, 0.29) is 35.2 Å². The molecule has 0 aliphatic carbocycles. The Kier molecular flexibility index (Phi) is 5.82. The molecular weight excluding hydrogens is 406 g/mol. The largest absolute Gasteiger partial charge is 0.337 e. The van der Waals surface area contributed by atoms with E-state index in [2.05, 4.69) is 0 Å². The zero-order chi connectivity index (χ0) is 23.0. The fourth-order valence-corrected chi connectivity index (χ4v) is 4.33. The van der Waals surface area contributed by atoms with Crippen molar-refractivity contribution in [1.29, 1.82) is 0 Å². The van der Waals surface area contributed by atoms with Crippen molar-refractivity contribution < 1.29 is 19.2 Å². The molecule has 7 nitrogen and oxygen atoms in total. The summed E-state index contributed by atoms with van der Waals surface area (Å²) < 4.78 is 0. The van der Waals surface area contributed by atoms with E-state index in [1.165, 1.54) is 11.0 Å². The van der Waals surface area contributed by atoms with Gasteiger partial charge in [-0.1, -0.05) is 17.7 Å². The van der Waals surface area contributed by atoms with E-state index in [1.54, 1.807) is 35.8 Å². The van der Waals surface area contributed by atoms with Crippen LogP contribution in [0.1, 0.15) is 67.3 Å². The number of aryl methyl sites for hydroxylation is 1. The van der Waals surface area contributed by atoms with E-state index in [0.29, 0.717) is 49.3 Å². The molecule has 2 aliphatic rings. The van der Waals surface area contributed by atoms with Gasteiger partial charge in [0.1, 0.15) is 0 Å². The van der Waals surface area contributed by atoms with Crippen molar-refractivity contribution in [1.82, 2.24) is 14.7 Å². The smallest absolute Gasteiger partial charge is 0.261 e. The molecule has 0 aromatic heterocycles. The number of amides is 4. The molecule has 0 saturated carbocycles. The van der Waals surface area contributed by atoms with Crippen molar-refractivity contribution in [3.05, 3.63) is 70.3 Å². The Morgan fingerprint density at radius 1 is 0.781 bits per heavy atom. The van der Waals surface area contributed by atoms with Gasteiger partial charge >= 0.3 is 0 Å². The van der Waals surface area contributed by atoms with Gasteiger partial charge < -0.3 is 9.80 Å². The quantitative estimate of drug-likeness (QED) is 0.698. The van der Waals surface area contributed by atoms with Gasteiger partial charge in [-0.25, -0.2) is 0 Å². The molecule has 166 valence electrons. The van der Waals surface area contributed by atoms with Crippen molar-refractivity contribution in [3.63, 3.8) is 0 Å². The Hall–Kier alpha value is -3.48. The minimum absolute atomic E-state index is 0.0292. The predicted octanol–water partition coefficient (Wildman–Crippen LogP) is 2.99. The minimum atomic E-state index is -0.361. The zero-order valence-electron chi connectivity index (χ0n) is 18.6. The van der Waals surface area contributed by atoms with Crippen LogP contribution in [0.2, 0.25) is 0 Å². The fourth-order valence-electron chi connectivity index (χ4n) is 4.33. The molecule has 0 atom stereocenters. The van der Waals surface area contributed by atoms with Gasteiger partial charge in [-0.3, -0.25) is 24.1 Å². The SMILES string of the molecule is Cc1cccc(C(=O)N2CCCN(C(=O)c3ccc4c(c3)C(=O)N(C(C)C)C4=O)CC2)c1. The van der Waals surface area contributed by atoms with Crippen molar-refractivity contribution in [3.8, 4) is 0 Å². The van der Waals surface area contributed by atoms with Gasteiger partial charge in [0.2, 0.25) is 0 Å². The molecule has 2 aromatic rings. The summed E-state index contributed by atoms with van der Waals surface area (Å²) in [5, 5.41) is 0. The number of fused-ring (bicyclic) bond motifs is 1. The van der Waals surface area contributed by atoms with Crippen molar-refractivity contribution in [2.24, 2.45) is 0 Å². The second-order valence-electron chi connectivity index (χ2n) is 8.64. The van der Waals surface area contributed by atoms with Gasteiger partial charge in [-0.2, -0.15) is 0 Å². The lowest BCUT2D eigenvalue weighted by Crippen LogP contribution is -2.37. The third kappa shape index (κ3) is 3.90. The maximum atomic E-state index is 13.2. The molecule has 4 rings (SSSR count). The molecule has 0 spiro atoms. The number of carbonyl (C=O) groups is 4. The predicted molar refractivity (Wildman–Crippen MR) is 120 cm³/mol. The number of hydrogen-bond acceptors (Lipinski definition) is 4. The Bertz CT molecular complexity index is 1110. The molecular formula is C25H27N3O4. The lowest BCUT2D eigenvalue weighted by molar-refractivity contribution is 0.0608. The second kappa shape index (κ2) is 8.57. The van der Waals surface area contributed by atoms with Gasteiger partial charge in [0.05, 0.1) is 11.1 Å². The lowest BCUT2D eigenvalue weighted by Gasteiger charge is -2.22. The number of hydrogen-bond donors (Lipinski definition) is 0. The molecule has 2 aromatic carbocycles. The van der Waals surface area contributed by atoms with E-state index < -0.39 is 0 Å². The van der Waals surface area contributed by atoms with E-state index in [4.69, 9.17) is 0 Å². The summed E-state index contributed by atoms with van der Waals surface area (Å²) in [7, 11) is 0. The maximum absolute atomic E-state index is 13.2. The Morgan fingerprint density at radius 3 is 1.97 bits per heavy atom. The summed E-state index contributed by atoms with van der Waals surface area (Å²) >= 11 is 0. The van der Waals surface area contributed by atoms with Crippen LogP contribution < -0.4 is 0 Å². The third-order valence-corrected chi connectivity index (χ3v) is 6.02. The lowest BCUT2D eigenvalue weighted by atomic mass is 10.0. The molecule has 32 heavy (non-hydrogen) atoms. The first-order chi connectivity index (χ1) is 15.3. The highest BCUT2D eigenvalue weighted by molar-refractivity contribution is 6.22. The first-order valence-corrected chi connectivity index (χ1v) is 10.9. The summed E-state index contributed by atoms with van der Waals surface area (Å²) in [5.74, 6) is -0.904. The van der Waals surface area contributed by atoms with Crippen LogP contribution in [-0.2, 0) is 0 Å². The molecule has 7 heteroatoms. The summed E-state index contributed by atoms with van der Waals surface area (Å²) in [6, 6.07) is 12.0. The molecule has 2 aliphatic heterocycles. The Labute approximate surface area is 187 Å². The first kappa shape index (κ1) is 21.7. The van der Waals surface area contributed by atoms with Crippen LogP contribution in [0.3, 0.4) is 0 Å². The number of rotatable bonds is 3. The number of benzene rings is 2. The Morgan fingerprint density at radius 2 is 1.38 bits per heavy atom. The van der Waals surface area contributed by atoms with Crippen LogP contribution in [0.5, 0.6) is 0 Å². The van der Waals surface area contributed by atoms with Crippen molar-refractivity contribution in [2.45, 2.75) is 33.2 Å². The highest BCUT2D eigenvalue weighted by Gasteiger charge is 2.37. The van der Waals surface area contributed by atoms with Gasteiger partial charge in [-0.05, 0) is 57.5 Å². The molecule has 1 fully saturated rings. The van der Waals surface area contributed by atoms with Crippen molar-refractivity contribution in [2.75, 3.05) is 26.2 Å². The number of imide groups is 1. The van der Waals surface area contributed by atoms with Crippen LogP contribution in [-0.4, -0.2) is 70.5 Å². The van der Waals surface area contributed by atoms with Crippen LogP contribution in [0.4, 0.5) is 0 Å². The topological polar surface area (TPSA) is 78.0 Å². The van der Waals surface area contributed by atoms with Crippen LogP contribution >= 0.6 is 0 Å². The van der Waals surface area contributed by atoms with Gasteiger partial charge in [0.15, 0.2) is 0 Å². The number of carbonyl (C=O) groups excluding carboxylic acids is 4. The zero-order valence-corrected chi connectivity index (χ0v) is 18.6. The average molecular weight is 434 g/mol.